The van der Waals surface area contributed by atoms with Gasteiger partial charge in [-0.05, 0) is 31.4 Å². The van der Waals surface area contributed by atoms with Crippen LogP contribution in [0.15, 0.2) is 24.3 Å². The summed E-state index contributed by atoms with van der Waals surface area (Å²) in [6.07, 6.45) is 3.65. The van der Waals surface area contributed by atoms with Crippen molar-refractivity contribution < 1.29 is 19.1 Å². The van der Waals surface area contributed by atoms with Crippen LogP contribution in [0.3, 0.4) is 0 Å². The molecule has 0 aliphatic rings. The Labute approximate surface area is 139 Å². The lowest BCUT2D eigenvalue weighted by Gasteiger charge is -2.19. The highest BCUT2D eigenvalue weighted by Crippen LogP contribution is 2.17. The minimum Gasteiger partial charge on any atom is -0.462 e. The zero-order valence-corrected chi connectivity index (χ0v) is 14.6. The van der Waals surface area contributed by atoms with Gasteiger partial charge >= 0.3 is 11.9 Å². The largest absolute Gasteiger partial charge is 0.462 e. The number of carbonyl (C=O) groups excluding carboxylic acids is 2. The molecule has 0 aliphatic carbocycles. The molecule has 2 atom stereocenters. The molecule has 0 aliphatic heterocycles. The first-order valence-electron chi connectivity index (χ1n) is 8.48. The van der Waals surface area contributed by atoms with E-state index in [1.807, 2.05) is 13.8 Å². The summed E-state index contributed by atoms with van der Waals surface area (Å²) in [7, 11) is 0. The van der Waals surface area contributed by atoms with Crippen molar-refractivity contribution in [2.24, 2.45) is 5.92 Å². The zero-order chi connectivity index (χ0) is 17.2. The van der Waals surface area contributed by atoms with Crippen molar-refractivity contribution in [1.29, 1.82) is 0 Å². The van der Waals surface area contributed by atoms with Crippen molar-refractivity contribution in [3.05, 3.63) is 35.4 Å². The molecule has 4 heteroatoms. The molecule has 0 saturated heterocycles. The highest BCUT2D eigenvalue weighted by Gasteiger charge is 2.22. The lowest BCUT2D eigenvalue weighted by Crippen LogP contribution is -2.23. The summed E-state index contributed by atoms with van der Waals surface area (Å²) in [6.45, 7) is 8.42. The molecule has 0 N–H and O–H groups in total. The van der Waals surface area contributed by atoms with Gasteiger partial charge in [0.1, 0.15) is 6.10 Å². The van der Waals surface area contributed by atoms with Crippen LogP contribution in [0, 0.1) is 5.92 Å². The molecule has 0 amide bonds. The molecule has 0 bridgehead atoms. The second-order valence-electron chi connectivity index (χ2n) is 5.88. The quantitative estimate of drug-likeness (QED) is 0.492. The summed E-state index contributed by atoms with van der Waals surface area (Å²) >= 11 is 0. The maximum Gasteiger partial charge on any atom is 0.339 e. The van der Waals surface area contributed by atoms with Crippen LogP contribution in [0.4, 0.5) is 0 Å². The van der Waals surface area contributed by atoms with Gasteiger partial charge in [-0.15, -0.1) is 0 Å². The normalized spacial score (nSPS) is 13.2. The van der Waals surface area contributed by atoms with Crippen molar-refractivity contribution in [2.45, 2.75) is 59.5 Å². The molecule has 1 aromatic rings. The maximum absolute atomic E-state index is 12.3. The summed E-state index contributed by atoms with van der Waals surface area (Å²) in [6, 6.07) is 6.65. The van der Waals surface area contributed by atoms with Crippen molar-refractivity contribution in [3.63, 3.8) is 0 Å². The first-order chi connectivity index (χ1) is 11.0. The lowest BCUT2D eigenvalue weighted by molar-refractivity contribution is 0.0206. The van der Waals surface area contributed by atoms with Crippen LogP contribution < -0.4 is 0 Å². The third-order valence-electron chi connectivity index (χ3n) is 4.09. The summed E-state index contributed by atoms with van der Waals surface area (Å²) < 4.78 is 10.7. The van der Waals surface area contributed by atoms with Gasteiger partial charge in [-0.2, -0.15) is 0 Å². The lowest BCUT2D eigenvalue weighted by atomic mass is 10.0. The number of ether oxygens (including phenoxy) is 2. The molecule has 0 heterocycles. The summed E-state index contributed by atoms with van der Waals surface area (Å²) in [5.74, 6) is -0.670. The van der Waals surface area contributed by atoms with E-state index in [9.17, 15) is 9.59 Å². The van der Waals surface area contributed by atoms with Crippen LogP contribution in [-0.4, -0.2) is 24.6 Å². The molecule has 0 fully saturated rings. The average molecular weight is 320 g/mol. The van der Waals surface area contributed by atoms with E-state index in [4.69, 9.17) is 9.47 Å². The van der Waals surface area contributed by atoms with Crippen molar-refractivity contribution in [1.82, 2.24) is 0 Å². The number of unbranched alkanes of at least 4 members (excludes halogenated alkanes) is 2. The Balaban J connectivity index is 2.76. The first-order valence-corrected chi connectivity index (χ1v) is 8.48. The van der Waals surface area contributed by atoms with Crippen LogP contribution in [0.25, 0.3) is 0 Å². The van der Waals surface area contributed by atoms with Gasteiger partial charge in [-0.1, -0.05) is 52.2 Å². The van der Waals surface area contributed by atoms with Crippen LogP contribution in [0.5, 0.6) is 0 Å². The van der Waals surface area contributed by atoms with Crippen molar-refractivity contribution in [3.8, 4) is 0 Å². The van der Waals surface area contributed by atoms with E-state index >= 15 is 0 Å². The van der Waals surface area contributed by atoms with Crippen LogP contribution >= 0.6 is 0 Å². The third kappa shape index (κ3) is 6.05. The van der Waals surface area contributed by atoms with Gasteiger partial charge in [0.05, 0.1) is 17.7 Å². The Kier molecular flexibility index (Phi) is 8.38. The summed E-state index contributed by atoms with van der Waals surface area (Å²) in [5.41, 5.74) is 0.536. The minimum absolute atomic E-state index is 0.193. The maximum atomic E-state index is 12.3. The Bertz CT molecular complexity index is 510. The monoisotopic (exact) mass is 320 g/mol. The molecule has 0 aromatic heterocycles. The molecule has 1 rings (SSSR count). The molecular formula is C19H28O4. The van der Waals surface area contributed by atoms with Crippen molar-refractivity contribution in [2.75, 3.05) is 6.61 Å². The number of hydrogen-bond donors (Lipinski definition) is 0. The molecule has 1 aromatic carbocycles. The fourth-order valence-electron chi connectivity index (χ4n) is 2.11. The fraction of sp³-hybridized carbons (Fsp3) is 0.579. The second kappa shape index (κ2) is 10.0. The highest BCUT2D eigenvalue weighted by molar-refractivity contribution is 6.03. The molecule has 0 radical (unpaired) electrons. The smallest absolute Gasteiger partial charge is 0.339 e. The van der Waals surface area contributed by atoms with E-state index in [0.717, 1.165) is 25.7 Å². The van der Waals surface area contributed by atoms with Crippen LogP contribution in [-0.2, 0) is 9.47 Å². The van der Waals surface area contributed by atoms with Gasteiger partial charge in [0.25, 0.3) is 0 Å². The number of hydrogen-bond acceptors (Lipinski definition) is 4. The number of carbonyl (C=O) groups is 2. The standard InChI is InChI=1S/C19H28O4/c1-5-7-10-13-22-18(20)16-11-8-9-12-17(16)19(21)23-15(4)14(3)6-2/h8-9,11-12,14-15H,5-7,10,13H2,1-4H3. The SMILES string of the molecule is CCCCCOC(=O)c1ccccc1C(=O)OC(C)C(C)CC. The van der Waals surface area contributed by atoms with Gasteiger partial charge < -0.3 is 9.47 Å². The second-order valence-corrected chi connectivity index (χ2v) is 5.88. The molecule has 2 unspecified atom stereocenters. The van der Waals surface area contributed by atoms with Gasteiger partial charge in [-0.25, -0.2) is 9.59 Å². The van der Waals surface area contributed by atoms with E-state index in [1.165, 1.54) is 0 Å². The van der Waals surface area contributed by atoms with E-state index < -0.39 is 11.9 Å². The molecule has 23 heavy (non-hydrogen) atoms. The molecule has 0 saturated carbocycles. The van der Waals surface area contributed by atoms with Crippen molar-refractivity contribution >= 4 is 11.9 Å². The third-order valence-corrected chi connectivity index (χ3v) is 4.09. The Hall–Kier alpha value is -1.84. The van der Waals surface area contributed by atoms with E-state index in [-0.39, 0.29) is 23.1 Å². The Morgan fingerprint density at radius 1 is 1.00 bits per heavy atom. The van der Waals surface area contributed by atoms with Crippen LogP contribution in [0.2, 0.25) is 0 Å². The fourth-order valence-corrected chi connectivity index (χ4v) is 2.11. The number of rotatable bonds is 9. The van der Waals surface area contributed by atoms with Gasteiger partial charge in [-0.3, -0.25) is 0 Å². The molecular weight excluding hydrogens is 292 g/mol. The molecule has 128 valence electrons. The van der Waals surface area contributed by atoms with Gasteiger partial charge in [0.2, 0.25) is 0 Å². The average Bonchev–Trinajstić information content (AvgIpc) is 2.57. The topological polar surface area (TPSA) is 52.6 Å². The first kappa shape index (κ1) is 19.2. The zero-order valence-electron chi connectivity index (χ0n) is 14.6. The van der Waals surface area contributed by atoms with E-state index in [0.29, 0.717) is 6.61 Å². The minimum atomic E-state index is -0.473. The Morgan fingerprint density at radius 2 is 1.61 bits per heavy atom. The predicted molar refractivity (Wildman–Crippen MR) is 90.6 cm³/mol. The van der Waals surface area contributed by atoms with E-state index in [2.05, 4.69) is 13.8 Å². The highest BCUT2D eigenvalue weighted by atomic mass is 16.5. The van der Waals surface area contributed by atoms with Gasteiger partial charge in [0.15, 0.2) is 0 Å². The Morgan fingerprint density at radius 3 is 2.17 bits per heavy atom. The number of esters is 2. The summed E-state index contributed by atoms with van der Waals surface area (Å²) in [5, 5.41) is 0. The number of benzene rings is 1. The van der Waals surface area contributed by atoms with Gasteiger partial charge in [0, 0.05) is 0 Å². The predicted octanol–water partition coefficient (Wildman–Crippen LogP) is 4.63. The summed E-state index contributed by atoms with van der Waals surface area (Å²) in [4.78, 5) is 24.5. The van der Waals surface area contributed by atoms with Crippen LogP contribution in [0.1, 0.15) is 74.1 Å². The molecule has 4 nitrogen and oxygen atoms in total. The van der Waals surface area contributed by atoms with E-state index in [1.54, 1.807) is 24.3 Å². The molecule has 0 spiro atoms.